The Hall–Kier alpha value is -0.200. The van der Waals surface area contributed by atoms with Crippen LogP contribution < -0.4 is 5.32 Å². The molecule has 0 spiro atoms. The molecule has 1 unspecified atom stereocenters. The van der Waals surface area contributed by atoms with Gasteiger partial charge in [-0.2, -0.15) is 17.0 Å². The minimum atomic E-state index is -0.318. The minimum absolute atomic E-state index is 0.318. The van der Waals surface area contributed by atoms with Crippen LogP contribution >= 0.6 is 11.8 Å². The van der Waals surface area contributed by atoms with Crippen LogP contribution in [-0.2, 0) is 0 Å². The molecule has 0 fully saturated rings. The van der Waals surface area contributed by atoms with Crippen molar-refractivity contribution in [3.8, 4) is 6.07 Å². The highest BCUT2D eigenvalue weighted by molar-refractivity contribution is 7.99. The van der Waals surface area contributed by atoms with Gasteiger partial charge in [0.25, 0.3) is 0 Å². The third-order valence-electron chi connectivity index (χ3n) is 2.92. The van der Waals surface area contributed by atoms with Gasteiger partial charge in [-0.25, -0.2) is 0 Å². The number of nitrogens with one attached hydrogen (secondary N) is 1. The predicted molar refractivity (Wildman–Crippen MR) is 78.4 cm³/mol. The first-order valence-electron chi connectivity index (χ1n) is 6.92. The number of hydrogen-bond donors (Lipinski definition) is 1. The molecule has 0 aliphatic heterocycles. The predicted octanol–water partition coefficient (Wildman–Crippen LogP) is 3.97. The summed E-state index contributed by atoms with van der Waals surface area (Å²) in [4.78, 5) is 0. The Morgan fingerprint density at radius 1 is 1.12 bits per heavy atom. The van der Waals surface area contributed by atoms with Gasteiger partial charge in [-0.1, -0.05) is 26.7 Å². The Labute approximate surface area is 112 Å². The van der Waals surface area contributed by atoms with E-state index >= 15 is 0 Å². The lowest BCUT2D eigenvalue weighted by Crippen LogP contribution is -2.40. The van der Waals surface area contributed by atoms with Crippen molar-refractivity contribution in [3.05, 3.63) is 0 Å². The molecular weight excluding hydrogens is 228 g/mol. The van der Waals surface area contributed by atoms with Crippen LogP contribution in [0.2, 0.25) is 0 Å². The van der Waals surface area contributed by atoms with Crippen molar-refractivity contribution >= 4 is 11.8 Å². The number of rotatable bonds is 11. The molecule has 0 radical (unpaired) electrons. The molecule has 3 heteroatoms. The fourth-order valence-electron chi connectivity index (χ4n) is 1.81. The molecular formula is C14H28N2S. The summed E-state index contributed by atoms with van der Waals surface area (Å²) in [5.74, 6) is 2.55. The summed E-state index contributed by atoms with van der Waals surface area (Å²) in [7, 11) is 0. The fraction of sp³-hybridized carbons (Fsp3) is 0.929. The van der Waals surface area contributed by atoms with Crippen LogP contribution in [0.25, 0.3) is 0 Å². The molecule has 0 amide bonds. The number of hydrogen-bond acceptors (Lipinski definition) is 3. The maximum Gasteiger partial charge on any atom is 0.103 e. The van der Waals surface area contributed by atoms with Gasteiger partial charge in [0.15, 0.2) is 0 Å². The zero-order valence-electron chi connectivity index (χ0n) is 11.7. The van der Waals surface area contributed by atoms with Gasteiger partial charge in [0.1, 0.15) is 5.54 Å². The molecule has 0 saturated heterocycles. The SMILES string of the molecule is CCCCCSCCCCC(C)(C#N)NCC. The topological polar surface area (TPSA) is 35.8 Å². The van der Waals surface area contributed by atoms with Crippen LogP contribution in [0, 0.1) is 11.3 Å². The molecule has 1 N–H and O–H groups in total. The first kappa shape index (κ1) is 16.8. The lowest BCUT2D eigenvalue weighted by molar-refractivity contribution is 0.415. The summed E-state index contributed by atoms with van der Waals surface area (Å²) >= 11 is 2.06. The summed E-state index contributed by atoms with van der Waals surface area (Å²) in [6.45, 7) is 7.17. The summed E-state index contributed by atoms with van der Waals surface area (Å²) in [6, 6.07) is 2.38. The van der Waals surface area contributed by atoms with Crippen LogP contribution in [0.15, 0.2) is 0 Å². The standard InChI is InChI=1S/C14H28N2S/c1-4-6-8-11-17-12-9-7-10-14(3,13-15)16-5-2/h16H,4-12H2,1-3H3. The van der Waals surface area contributed by atoms with E-state index in [1.165, 1.54) is 37.2 Å². The summed E-state index contributed by atoms with van der Waals surface area (Å²) in [5, 5.41) is 12.4. The second-order valence-corrected chi connectivity index (χ2v) is 5.98. The van der Waals surface area contributed by atoms with E-state index in [0.717, 1.165) is 19.4 Å². The van der Waals surface area contributed by atoms with E-state index in [2.05, 4.69) is 37.0 Å². The molecule has 0 heterocycles. The molecule has 0 aromatic heterocycles. The Kier molecular flexibility index (Phi) is 10.8. The van der Waals surface area contributed by atoms with E-state index in [-0.39, 0.29) is 5.54 Å². The van der Waals surface area contributed by atoms with E-state index in [1.54, 1.807) is 0 Å². The van der Waals surface area contributed by atoms with Gasteiger partial charge in [0.05, 0.1) is 6.07 Å². The molecule has 0 aromatic rings. The molecule has 0 aliphatic rings. The van der Waals surface area contributed by atoms with Crippen LogP contribution in [0.5, 0.6) is 0 Å². The van der Waals surface area contributed by atoms with E-state index in [4.69, 9.17) is 5.26 Å². The van der Waals surface area contributed by atoms with Crippen LogP contribution in [-0.4, -0.2) is 23.6 Å². The van der Waals surface area contributed by atoms with Crippen LogP contribution in [0.1, 0.15) is 59.3 Å². The smallest absolute Gasteiger partial charge is 0.103 e. The molecule has 2 nitrogen and oxygen atoms in total. The van der Waals surface area contributed by atoms with E-state index in [9.17, 15) is 0 Å². The Morgan fingerprint density at radius 3 is 2.29 bits per heavy atom. The normalized spacial score (nSPS) is 14.2. The monoisotopic (exact) mass is 256 g/mol. The van der Waals surface area contributed by atoms with Gasteiger partial charge in [0.2, 0.25) is 0 Å². The third kappa shape index (κ3) is 9.50. The van der Waals surface area contributed by atoms with Gasteiger partial charge in [0, 0.05) is 0 Å². The molecule has 1 atom stereocenters. The van der Waals surface area contributed by atoms with E-state index in [0.29, 0.717) is 0 Å². The van der Waals surface area contributed by atoms with Crippen LogP contribution in [0.3, 0.4) is 0 Å². The summed E-state index contributed by atoms with van der Waals surface area (Å²) < 4.78 is 0. The zero-order valence-corrected chi connectivity index (χ0v) is 12.5. The van der Waals surface area contributed by atoms with Gasteiger partial charge in [-0.05, 0) is 50.7 Å². The maximum atomic E-state index is 9.10. The molecule has 100 valence electrons. The number of thioether (sulfide) groups is 1. The second-order valence-electron chi connectivity index (χ2n) is 4.75. The molecule has 0 saturated carbocycles. The molecule has 0 bridgehead atoms. The summed E-state index contributed by atoms with van der Waals surface area (Å²) in [5.41, 5.74) is -0.318. The average molecular weight is 256 g/mol. The highest BCUT2D eigenvalue weighted by Crippen LogP contribution is 2.15. The van der Waals surface area contributed by atoms with Crippen molar-refractivity contribution in [2.45, 2.75) is 64.8 Å². The number of nitrogens with zero attached hydrogens (tertiary/aromatic N) is 1. The van der Waals surface area contributed by atoms with Crippen molar-refractivity contribution in [3.63, 3.8) is 0 Å². The van der Waals surface area contributed by atoms with Gasteiger partial charge in [-0.15, -0.1) is 0 Å². The first-order chi connectivity index (χ1) is 8.18. The lowest BCUT2D eigenvalue weighted by atomic mass is 9.97. The largest absolute Gasteiger partial charge is 0.300 e. The van der Waals surface area contributed by atoms with Gasteiger partial charge >= 0.3 is 0 Å². The van der Waals surface area contributed by atoms with Crippen molar-refractivity contribution in [2.75, 3.05) is 18.1 Å². The van der Waals surface area contributed by atoms with Crippen molar-refractivity contribution < 1.29 is 0 Å². The third-order valence-corrected chi connectivity index (χ3v) is 4.08. The number of unbranched alkanes of at least 4 members (excludes halogenated alkanes) is 3. The Bertz CT molecular complexity index is 213. The average Bonchev–Trinajstić information content (AvgIpc) is 2.33. The first-order valence-corrected chi connectivity index (χ1v) is 8.08. The Balaban J connectivity index is 3.41. The van der Waals surface area contributed by atoms with Gasteiger partial charge < -0.3 is 0 Å². The van der Waals surface area contributed by atoms with Crippen molar-refractivity contribution in [1.82, 2.24) is 5.32 Å². The second kappa shape index (κ2) is 10.9. The zero-order chi connectivity index (χ0) is 13.0. The van der Waals surface area contributed by atoms with Crippen LogP contribution in [0.4, 0.5) is 0 Å². The molecule has 0 rings (SSSR count). The molecule has 0 aliphatic carbocycles. The van der Waals surface area contributed by atoms with Crippen molar-refractivity contribution in [1.29, 1.82) is 5.26 Å². The summed E-state index contributed by atoms with van der Waals surface area (Å²) in [6.07, 6.45) is 7.38. The lowest BCUT2D eigenvalue weighted by Gasteiger charge is -2.22. The highest BCUT2D eigenvalue weighted by atomic mass is 32.2. The van der Waals surface area contributed by atoms with Gasteiger partial charge in [-0.3, -0.25) is 5.32 Å². The fourth-order valence-corrected chi connectivity index (χ4v) is 2.83. The van der Waals surface area contributed by atoms with E-state index < -0.39 is 0 Å². The van der Waals surface area contributed by atoms with Crippen molar-refractivity contribution in [2.24, 2.45) is 0 Å². The number of nitriles is 1. The minimum Gasteiger partial charge on any atom is -0.300 e. The molecule has 0 aromatic carbocycles. The molecule has 17 heavy (non-hydrogen) atoms. The quantitative estimate of drug-likeness (QED) is 0.568. The van der Waals surface area contributed by atoms with E-state index in [1.807, 2.05) is 6.92 Å². The highest BCUT2D eigenvalue weighted by Gasteiger charge is 2.20. The maximum absolute atomic E-state index is 9.10. The Morgan fingerprint density at radius 2 is 1.76 bits per heavy atom.